The van der Waals surface area contributed by atoms with E-state index < -0.39 is 11.7 Å². The minimum atomic E-state index is -0.717. The van der Waals surface area contributed by atoms with E-state index in [2.05, 4.69) is 0 Å². The van der Waals surface area contributed by atoms with Gasteiger partial charge in [0, 0.05) is 5.02 Å². The second kappa shape index (κ2) is 5.62. The molecular formula is C15H20ClNO3. The van der Waals surface area contributed by atoms with Gasteiger partial charge in [-0.2, -0.15) is 0 Å². The van der Waals surface area contributed by atoms with Crippen LogP contribution in [0.4, 0.5) is 0 Å². The molecule has 1 heterocycles. The Morgan fingerprint density at radius 1 is 1.55 bits per heavy atom. The first-order valence-electron chi connectivity index (χ1n) is 6.78. The van der Waals surface area contributed by atoms with Crippen molar-refractivity contribution in [1.29, 1.82) is 0 Å². The van der Waals surface area contributed by atoms with Crippen molar-refractivity contribution in [2.45, 2.75) is 38.9 Å². The average Bonchev–Trinajstić information content (AvgIpc) is 2.37. The summed E-state index contributed by atoms with van der Waals surface area (Å²) >= 11 is 5.89. The van der Waals surface area contributed by atoms with Crippen LogP contribution in [0.3, 0.4) is 0 Å². The van der Waals surface area contributed by atoms with Gasteiger partial charge in [-0.1, -0.05) is 18.5 Å². The number of aryl methyl sites for hydroxylation is 1. The molecular weight excluding hydrogens is 278 g/mol. The average molecular weight is 298 g/mol. The van der Waals surface area contributed by atoms with Crippen molar-refractivity contribution in [3.8, 4) is 5.75 Å². The van der Waals surface area contributed by atoms with E-state index >= 15 is 0 Å². The predicted octanol–water partition coefficient (Wildman–Crippen LogP) is 2.40. The van der Waals surface area contributed by atoms with Gasteiger partial charge in [-0.25, -0.2) is 0 Å². The van der Waals surface area contributed by atoms with Crippen molar-refractivity contribution in [3.05, 3.63) is 28.8 Å². The largest absolute Gasteiger partial charge is 0.481 e. The molecule has 0 bridgehead atoms. The van der Waals surface area contributed by atoms with E-state index in [-0.39, 0.29) is 5.91 Å². The number of amides is 1. The van der Waals surface area contributed by atoms with Crippen LogP contribution < -0.4 is 4.74 Å². The van der Waals surface area contributed by atoms with Crippen LogP contribution in [0.25, 0.3) is 0 Å². The van der Waals surface area contributed by atoms with Gasteiger partial charge >= 0.3 is 0 Å². The SMILES string of the molecule is CCC1(O)CN(C(=O)C(C)Oc2ccc(Cl)cc2C)C1. The smallest absolute Gasteiger partial charge is 0.263 e. The molecule has 4 nitrogen and oxygen atoms in total. The van der Waals surface area contributed by atoms with Gasteiger partial charge in [-0.3, -0.25) is 4.79 Å². The van der Waals surface area contributed by atoms with Gasteiger partial charge in [0.1, 0.15) is 5.75 Å². The lowest BCUT2D eigenvalue weighted by Gasteiger charge is -2.46. The van der Waals surface area contributed by atoms with Crippen LogP contribution in [0.1, 0.15) is 25.8 Å². The normalized spacial score (nSPS) is 18.4. The van der Waals surface area contributed by atoms with Gasteiger partial charge in [-0.15, -0.1) is 0 Å². The summed E-state index contributed by atoms with van der Waals surface area (Å²) in [5.41, 5.74) is 0.178. The summed E-state index contributed by atoms with van der Waals surface area (Å²) in [5, 5.41) is 10.6. The van der Waals surface area contributed by atoms with E-state index in [1.807, 2.05) is 13.8 Å². The van der Waals surface area contributed by atoms with Gasteiger partial charge in [0.2, 0.25) is 0 Å². The van der Waals surface area contributed by atoms with Crippen LogP contribution in [0, 0.1) is 6.92 Å². The molecule has 1 N–H and O–H groups in total. The third-order valence-electron chi connectivity index (χ3n) is 3.73. The van der Waals surface area contributed by atoms with Gasteiger partial charge < -0.3 is 14.7 Å². The van der Waals surface area contributed by atoms with Crippen LogP contribution in [0.2, 0.25) is 5.02 Å². The van der Waals surface area contributed by atoms with E-state index in [0.717, 1.165) is 5.56 Å². The number of β-amino-alcohol motifs (C(OH)–C–C–N with tert-alkyl or cyclic N) is 1. The molecule has 2 rings (SSSR count). The molecule has 1 aromatic carbocycles. The number of carbonyl (C=O) groups is 1. The molecule has 0 aromatic heterocycles. The molecule has 1 saturated heterocycles. The molecule has 0 saturated carbocycles. The fourth-order valence-electron chi connectivity index (χ4n) is 2.29. The summed E-state index contributed by atoms with van der Waals surface area (Å²) in [6.07, 6.45) is 0.0822. The Morgan fingerprint density at radius 3 is 2.75 bits per heavy atom. The zero-order valence-electron chi connectivity index (χ0n) is 12.0. The van der Waals surface area contributed by atoms with Crippen molar-refractivity contribution in [2.75, 3.05) is 13.1 Å². The first kappa shape index (κ1) is 15.1. The molecule has 0 radical (unpaired) electrons. The fraction of sp³-hybridized carbons (Fsp3) is 0.533. The summed E-state index contributed by atoms with van der Waals surface area (Å²) in [6.45, 7) is 6.29. The van der Waals surface area contributed by atoms with Gasteiger partial charge in [-0.05, 0) is 44.0 Å². The lowest BCUT2D eigenvalue weighted by molar-refractivity contribution is -0.162. The van der Waals surface area contributed by atoms with Gasteiger partial charge in [0.05, 0.1) is 18.7 Å². The monoisotopic (exact) mass is 297 g/mol. The molecule has 1 aromatic rings. The second-order valence-electron chi connectivity index (χ2n) is 5.44. The Bertz CT molecular complexity index is 512. The molecule has 0 spiro atoms. The maximum Gasteiger partial charge on any atom is 0.263 e. The quantitative estimate of drug-likeness (QED) is 0.928. The summed E-state index contributed by atoms with van der Waals surface area (Å²) < 4.78 is 5.69. The molecule has 110 valence electrons. The topological polar surface area (TPSA) is 49.8 Å². The molecule has 1 fully saturated rings. The van der Waals surface area contributed by atoms with Crippen molar-refractivity contribution in [2.24, 2.45) is 0 Å². The molecule has 5 heteroatoms. The number of halogens is 1. The first-order valence-corrected chi connectivity index (χ1v) is 7.16. The number of benzene rings is 1. The highest BCUT2D eigenvalue weighted by atomic mass is 35.5. The third-order valence-corrected chi connectivity index (χ3v) is 3.96. The van der Waals surface area contributed by atoms with Crippen molar-refractivity contribution >= 4 is 17.5 Å². The van der Waals surface area contributed by atoms with Crippen LogP contribution >= 0.6 is 11.6 Å². The minimum Gasteiger partial charge on any atom is -0.481 e. The van der Waals surface area contributed by atoms with E-state index in [4.69, 9.17) is 16.3 Å². The number of carbonyl (C=O) groups excluding carboxylic acids is 1. The van der Waals surface area contributed by atoms with Crippen LogP contribution in [-0.2, 0) is 4.79 Å². The number of nitrogens with zero attached hydrogens (tertiary/aromatic N) is 1. The highest BCUT2D eigenvalue weighted by molar-refractivity contribution is 6.30. The van der Waals surface area contributed by atoms with E-state index in [0.29, 0.717) is 30.3 Å². The number of hydrogen-bond donors (Lipinski definition) is 1. The van der Waals surface area contributed by atoms with Crippen LogP contribution in [-0.4, -0.2) is 40.7 Å². The maximum atomic E-state index is 12.2. The van der Waals surface area contributed by atoms with Crippen molar-refractivity contribution in [3.63, 3.8) is 0 Å². The number of ether oxygens (including phenoxy) is 1. The molecule has 1 unspecified atom stereocenters. The number of aliphatic hydroxyl groups is 1. The van der Waals surface area contributed by atoms with Gasteiger partial charge in [0.15, 0.2) is 6.10 Å². The first-order chi connectivity index (χ1) is 9.34. The summed E-state index contributed by atoms with van der Waals surface area (Å²) in [6, 6.07) is 5.30. The number of rotatable bonds is 4. The van der Waals surface area contributed by atoms with E-state index in [9.17, 15) is 9.90 Å². The molecule has 1 aliphatic rings. The molecule has 20 heavy (non-hydrogen) atoms. The standard InChI is InChI=1S/C15H20ClNO3/c1-4-15(19)8-17(9-15)14(18)11(3)20-13-6-5-12(16)7-10(13)2/h5-7,11,19H,4,8-9H2,1-3H3. The van der Waals surface area contributed by atoms with Crippen LogP contribution in [0.5, 0.6) is 5.75 Å². The Kier molecular flexibility index (Phi) is 4.25. The Morgan fingerprint density at radius 2 is 2.20 bits per heavy atom. The lowest BCUT2D eigenvalue weighted by Crippen LogP contribution is -2.65. The van der Waals surface area contributed by atoms with Gasteiger partial charge in [0.25, 0.3) is 5.91 Å². The van der Waals surface area contributed by atoms with Crippen molar-refractivity contribution in [1.82, 2.24) is 4.90 Å². The molecule has 0 aliphatic carbocycles. The second-order valence-corrected chi connectivity index (χ2v) is 5.88. The van der Waals surface area contributed by atoms with Crippen molar-refractivity contribution < 1.29 is 14.6 Å². The summed E-state index contributed by atoms with van der Waals surface area (Å²) in [5.74, 6) is 0.555. The lowest BCUT2D eigenvalue weighted by atomic mass is 9.91. The highest BCUT2D eigenvalue weighted by Crippen LogP contribution is 2.27. The van der Waals surface area contributed by atoms with E-state index in [1.54, 1.807) is 30.0 Å². The van der Waals surface area contributed by atoms with Crippen LogP contribution in [0.15, 0.2) is 18.2 Å². The molecule has 1 atom stereocenters. The number of likely N-dealkylation sites (tertiary alicyclic amines) is 1. The third kappa shape index (κ3) is 3.07. The zero-order chi connectivity index (χ0) is 14.9. The maximum absolute atomic E-state index is 12.2. The highest BCUT2D eigenvalue weighted by Gasteiger charge is 2.43. The Hall–Kier alpha value is -1.26. The molecule has 1 aliphatic heterocycles. The van der Waals surface area contributed by atoms with E-state index in [1.165, 1.54) is 0 Å². The number of hydrogen-bond acceptors (Lipinski definition) is 3. The Balaban J connectivity index is 1.95. The molecule has 1 amide bonds. The summed E-state index contributed by atoms with van der Waals surface area (Å²) in [7, 11) is 0. The predicted molar refractivity (Wildman–Crippen MR) is 78.1 cm³/mol. The Labute approximate surface area is 124 Å². The minimum absolute atomic E-state index is 0.0996. The fourth-order valence-corrected chi connectivity index (χ4v) is 2.51. The zero-order valence-corrected chi connectivity index (χ0v) is 12.8. The summed E-state index contributed by atoms with van der Waals surface area (Å²) in [4.78, 5) is 13.8.